The molecular weight excluding hydrogens is 138 g/mol. The SMILES string of the molecule is CC(F)(F)C(F)(F)C#N. The van der Waals surface area contributed by atoms with Gasteiger partial charge in [0.15, 0.2) is 0 Å². The van der Waals surface area contributed by atoms with Gasteiger partial charge in [-0.25, -0.2) is 0 Å². The van der Waals surface area contributed by atoms with E-state index in [1.54, 1.807) is 0 Å². The van der Waals surface area contributed by atoms with E-state index in [9.17, 15) is 17.6 Å². The van der Waals surface area contributed by atoms with E-state index in [2.05, 4.69) is 0 Å². The lowest BCUT2D eigenvalue weighted by molar-refractivity contribution is -0.161. The van der Waals surface area contributed by atoms with Crippen LogP contribution < -0.4 is 0 Å². The van der Waals surface area contributed by atoms with Gasteiger partial charge in [-0.15, -0.1) is 0 Å². The third-order valence-electron chi connectivity index (χ3n) is 0.692. The fourth-order valence-electron chi connectivity index (χ4n) is 0.0982. The van der Waals surface area contributed by atoms with Gasteiger partial charge >= 0.3 is 11.8 Å². The monoisotopic (exact) mass is 141 g/mol. The summed E-state index contributed by atoms with van der Waals surface area (Å²) in [4.78, 5) is 0. The molecule has 0 aliphatic heterocycles. The van der Waals surface area contributed by atoms with Crippen molar-refractivity contribution >= 4 is 0 Å². The Labute approximate surface area is 48.9 Å². The van der Waals surface area contributed by atoms with Crippen LogP contribution in [0.2, 0.25) is 0 Å². The highest BCUT2D eigenvalue weighted by Crippen LogP contribution is 2.32. The van der Waals surface area contributed by atoms with Gasteiger partial charge in [-0.1, -0.05) is 0 Å². The molecule has 0 spiro atoms. The van der Waals surface area contributed by atoms with E-state index in [1.807, 2.05) is 0 Å². The number of hydrogen-bond donors (Lipinski definition) is 0. The van der Waals surface area contributed by atoms with Crippen LogP contribution in [-0.4, -0.2) is 11.8 Å². The second kappa shape index (κ2) is 1.87. The molecule has 0 atom stereocenters. The van der Waals surface area contributed by atoms with Crippen molar-refractivity contribution in [1.82, 2.24) is 0 Å². The van der Waals surface area contributed by atoms with Crippen LogP contribution in [0.4, 0.5) is 17.6 Å². The quantitative estimate of drug-likeness (QED) is 0.511. The van der Waals surface area contributed by atoms with Gasteiger partial charge in [0.25, 0.3) is 0 Å². The molecule has 0 aromatic rings. The molecule has 0 bridgehead atoms. The smallest absolute Gasteiger partial charge is 0.199 e. The van der Waals surface area contributed by atoms with Gasteiger partial charge in [-0.3, -0.25) is 0 Å². The topological polar surface area (TPSA) is 23.8 Å². The Kier molecular flexibility index (Phi) is 1.70. The molecule has 0 amide bonds. The molecule has 0 fully saturated rings. The van der Waals surface area contributed by atoms with E-state index in [0.29, 0.717) is 0 Å². The molecule has 0 saturated heterocycles. The van der Waals surface area contributed by atoms with Crippen molar-refractivity contribution in [3.63, 3.8) is 0 Å². The van der Waals surface area contributed by atoms with Crippen LogP contribution >= 0.6 is 0 Å². The third-order valence-corrected chi connectivity index (χ3v) is 0.692. The number of alkyl halides is 4. The van der Waals surface area contributed by atoms with E-state index in [1.165, 1.54) is 0 Å². The largest absolute Gasteiger partial charge is 0.393 e. The van der Waals surface area contributed by atoms with Crippen LogP contribution in [0.5, 0.6) is 0 Å². The first-order chi connectivity index (χ1) is 3.81. The maximum Gasteiger partial charge on any atom is 0.393 e. The first kappa shape index (κ1) is 8.21. The highest BCUT2D eigenvalue weighted by Gasteiger charge is 2.52. The predicted molar refractivity (Wildman–Crippen MR) is 21.2 cm³/mol. The highest BCUT2D eigenvalue weighted by atomic mass is 19.3. The summed E-state index contributed by atoms with van der Waals surface area (Å²) in [7, 11) is 0. The van der Waals surface area contributed by atoms with Crippen LogP contribution in [0.1, 0.15) is 6.92 Å². The lowest BCUT2D eigenvalue weighted by atomic mass is 10.2. The lowest BCUT2D eigenvalue weighted by Crippen LogP contribution is -2.35. The highest BCUT2D eigenvalue weighted by molar-refractivity contribution is 4.99. The van der Waals surface area contributed by atoms with Gasteiger partial charge in [0.1, 0.15) is 6.07 Å². The molecule has 52 valence electrons. The van der Waals surface area contributed by atoms with E-state index >= 15 is 0 Å². The van der Waals surface area contributed by atoms with Crippen molar-refractivity contribution in [2.24, 2.45) is 0 Å². The molecule has 0 unspecified atom stereocenters. The van der Waals surface area contributed by atoms with Crippen LogP contribution in [0.3, 0.4) is 0 Å². The van der Waals surface area contributed by atoms with Crippen LogP contribution in [-0.2, 0) is 0 Å². The number of rotatable bonds is 1. The van der Waals surface area contributed by atoms with Gasteiger partial charge in [-0.05, 0) is 0 Å². The van der Waals surface area contributed by atoms with E-state index < -0.39 is 11.8 Å². The molecular formula is C4H3F4N. The van der Waals surface area contributed by atoms with Crippen molar-refractivity contribution in [2.45, 2.75) is 18.8 Å². The lowest BCUT2D eigenvalue weighted by Gasteiger charge is -2.14. The summed E-state index contributed by atoms with van der Waals surface area (Å²) in [5.74, 6) is -8.80. The summed E-state index contributed by atoms with van der Waals surface area (Å²) >= 11 is 0. The minimum atomic E-state index is -4.55. The van der Waals surface area contributed by atoms with Gasteiger partial charge < -0.3 is 0 Å². The molecule has 1 nitrogen and oxygen atoms in total. The van der Waals surface area contributed by atoms with Crippen molar-refractivity contribution in [1.29, 1.82) is 5.26 Å². The Bertz CT molecular complexity index is 140. The molecule has 0 heterocycles. The van der Waals surface area contributed by atoms with Crippen molar-refractivity contribution in [2.75, 3.05) is 0 Å². The average molecular weight is 141 g/mol. The molecule has 0 N–H and O–H groups in total. The fraction of sp³-hybridized carbons (Fsp3) is 0.750. The minimum Gasteiger partial charge on any atom is -0.199 e. The van der Waals surface area contributed by atoms with Gasteiger partial charge in [0.05, 0.1) is 0 Å². The Morgan fingerprint density at radius 2 is 1.56 bits per heavy atom. The normalized spacial score (nSPS) is 12.9. The van der Waals surface area contributed by atoms with E-state index in [0.717, 1.165) is 0 Å². The first-order valence-corrected chi connectivity index (χ1v) is 1.98. The van der Waals surface area contributed by atoms with Crippen molar-refractivity contribution < 1.29 is 17.6 Å². The summed E-state index contributed by atoms with van der Waals surface area (Å²) in [5.41, 5.74) is 0. The number of hydrogen-bond acceptors (Lipinski definition) is 1. The summed E-state index contributed by atoms with van der Waals surface area (Å²) in [6, 6.07) is 0.198. The number of halogens is 4. The van der Waals surface area contributed by atoms with E-state index in [-0.39, 0.29) is 13.0 Å². The van der Waals surface area contributed by atoms with Crippen LogP contribution in [0.25, 0.3) is 0 Å². The van der Waals surface area contributed by atoms with Crippen LogP contribution in [0.15, 0.2) is 0 Å². The zero-order valence-electron chi connectivity index (χ0n) is 4.46. The van der Waals surface area contributed by atoms with E-state index in [4.69, 9.17) is 5.26 Å². The summed E-state index contributed by atoms with van der Waals surface area (Å²) < 4.78 is 46.2. The fourth-order valence-corrected chi connectivity index (χ4v) is 0.0982. The Morgan fingerprint density at radius 3 is 1.56 bits per heavy atom. The number of nitrogens with zero attached hydrogens (tertiary/aromatic N) is 1. The molecule has 0 saturated carbocycles. The van der Waals surface area contributed by atoms with Crippen molar-refractivity contribution in [3.8, 4) is 6.07 Å². The maximum atomic E-state index is 11.5. The molecule has 5 heteroatoms. The Morgan fingerprint density at radius 1 is 1.22 bits per heavy atom. The average Bonchev–Trinajstić information content (AvgIpc) is 1.64. The zero-order chi connectivity index (χ0) is 7.71. The summed E-state index contributed by atoms with van der Waals surface area (Å²) in [6.07, 6.45) is 0. The second-order valence-electron chi connectivity index (χ2n) is 1.57. The van der Waals surface area contributed by atoms with Gasteiger partial charge in [0.2, 0.25) is 0 Å². The Balaban J connectivity index is 4.39. The molecule has 0 aromatic carbocycles. The molecule has 0 aromatic heterocycles. The molecule has 9 heavy (non-hydrogen) atoms. The molecule has 0 rings (SSSR count). The third kappa shape index (κ3) is 1.56. The Hall–Kier alpha value is -0.790. The maximum absolute atomic E-state index is 11.5. The molecule has 0 radical (unpaired) electrons. The molecule has 0 aliphatic carbocycles. The minimum absolute atomic E-state index is 0.00375. The summed E-state index contributed by atoms with van der Waals surface area (Å²) in [5, 5.41) is 7.45. The molecule has 0 aliphatic rings. The van der Waals surface area contributed by atoms with Crippen molar-refractivity contribution in [3.05, 3.63) is 0 Å². The zero-order valence-corrected chi connectivity index (χ0v) is 4.46. The predicted octanol–water partition coefficient (Wildman–Crippen LogP) is 1.80. The first-order valence-electron chi connectivity index (χ1n) is 1.98. The standard InChI is InChI=1S/C4H3F4N/c1-3(5,6)4(7,8)2-9/h1H3. The second-order valence-corrected chi connectivity index (χ2v) is 1.57. The van der Waals surface area contributed by atoms with Gasteiger partial charge in [-0.2, -0.15) is 22.8 Å². The summed E-state index contributed by atoms with van der Waals surface area (Å²) in [6.45, 7) is -0.00375. The van der Waals surface area contributed by atoms with Gasteiger partial charge in [0, 0.05) is 6.92 Å². The van der Waals surface area contributed by atoms with Crippen LogP contribution in [0, 0.1) is 11.3 Å². The number of nitriles is 1.